The second kappa shape index (κ2) is 32.2. The van der Waals surface area contributed by atoms with E-state index < -0.39 is 16.1 Å². The number of nitrogens with one attached hydrogen (secondary N) is 1. The number of ether oxygens (including phenoxy) is 2. The average molecular weight is 1560 g/mol. The summed E-state index contributed by atoms with van der Waals surface area (Å²) in [7, 11) is -2.57. The number of alkyl halides is 2. The Balaban J connectivity index is 0.000000131. The fraction of sp³-hybridized carbons (Fsp3) is 0.400. The van der Waals surface area contributed by atoms with E-state index in [1.165, 1.54) is 61.0 Å². The van der Waals surface area contributed by atoms with Crippen LogP contribution in [0.5, 0.6) is 0 Å². The molecule has 16 rings (SSSR count). The van der Waals surface area contributed by atoms with Crippen LogP contribution in [0.3, 0.4) is 0 Å². The van der Waals surface area contributed by atoms with E-state index >= 15 is 0 Å². The zero-order chi connectivity index (χ0) is 74.9. The maximum Gasteiger partial charge on any atom is 0.496 e. The van der Waals surface area contributed by atoms with Gasteiger partial charge in [-0.2, -0.15) is 15.3 Å². The molecule has 12 aromatic rings. The number of H-pyrrole nitrogens is 1. The van der Waals surface area contributed by atoms with Gasteiger partial charge in [-0.15, -0.1) is 23.2 Å². The molecule has 3 aliphatic carbocycles. The lowest BCUT2D eigenvalue weighted by atomic mass is 9.80. The molecule has 25 heteroatoms. The van der Waals surface area contributed by atoms with E-state index in [9.17, 15) is 13.2 Å². The summed E-state index contributed by atoms with van der Waals surface area (Å²) in [5, 5.41) is 17.7. The molecule has 0 spiro atoms. The number of hydrogen-bond acceptors (Lipinski definition) is 10. The highest BCUT2D eigenvalue weighted by Crippen LogP contribution is 2.50. The summed E-state index contributed by atoms with van der Waals surface area (Å²) >= 11 is 13.8. The minimum atomic E-state index is -1.16. The SMILES string of the molecule is CC(Cl)Cl.CC1(C)OB(c2ccc3nccn3c2)OC1(C)C.Cc1cc(-c2n[nH]c(C3CC3)c2-c2ccc3nccn3c2)ccc1F.Cc1cc(-c2nn(COCC[Si](C)(C)C)c(C3CC3)c2-c2ccc3nccn3c2)ccc1F.Cc1cc(-c2nn(COCC[Si](C)(C)C)c(C3CC3)c2Br)ccc1F. The Morgan fingerprint density at radius 3 is 1.38 bits per heavy atom. The Bertz CT molecular complexity index is 5010. The minimum Gasteiger partial charge on any atom is -0.399 e. The average Bonchev–Trinajstić information content (AvgIpc) is 1.60. The molecule has 1 saturated heterocycles. The molecular weight excluding hydrogens is 1470 g/mol. The summed E-state index contributed by atoms with van der Waals surface area (Å²) in [6.07, 6.45) is 24.5. The van der Waals surface area contributed by atoms with Gasteiger partial charge in [0.05, 0.1) is 27.1 Å². The number of aryl methyl sites for hydroxylation is 3. The molecule has 3 aromatic carbocycles. The van der Waals surface area contributed by atoms with E-state index in [2.05, 4.69) is 133 Å². The molecule has 9 aromatic heterocycles. The number of aromatic nitrogens is 12. The van der Waals surface area contributed by atoms with Crippen LogP contribution in [0.4, 0.5) is 13.2 Å². The van der Waals surface area contributed by atoms with E-state index in [0.29, 0.717) is 47.9 Å². The standard InChI is InChI=1S/C26H31FN4OSi.C20H17FN4.C19H26BrFN2OSi.C13H17BN2O2.C2H4Cl2/c1-18-15-20(7-9-22(18)27)25-24(21-8-10-23-28-11-12-30(23)16-21)26(19-5-6-19)31(29-25)17-32-13-14-33(2,3)4;1-12-10-14(4-6-16(12)21)20-18(19(23-24-20)13-2-3-13)15-5-7-17-22-8-9-25(17)11-15;1-13-11-15(7-8-16(13)21)18-17(20)19(14-5-6-14)23(22-18)12-24-9-10-25(2,3)4;1-12(2)13(3,4)18-14(17-12)10-5-6-11-15-7-8-16(11)9-10;1-2(3)4/h7-12,15-16,19H,5-6,13-14,17H2,1-4H3;4-11,13H,2-3H2,1H3,(H,23,24);7-8,11,14H,5-6,9-10,12H2,1-4H3;5-9H,1-4H3;2H,1H3. The summed E-state index contributed by atoms with van der Waals surface area (Å²) in [6, 6.07) is 30.1. The molecule has 105 heavy (non-hydrogen) atoms. The van der Waals surface area contributed by atoms with Crippen LogP contribution in [0.15, 0.2) is 151 Å². The number of rotatable bonds is 19. The third kappa shape index (κ3) is 18.9. The molecule has 0 radical (unpaired) electrons. The third-order valence-corrected chi connectivity index (χ3v) is 23.8. The van der Waals surface area contributed by atoms with Gasteiger partial charge in [-0.1, -0.05) is 45.3 Å². The molecule has 0 atom stereocenters. The molecule has 10 heterocycles. The molecule has 1 aliphatic heterocycles. The topological polar surface area (TPSA) is 153 Å². The van der Waals surface area contributed by atoms with E-state index in [1.54, 1.807) is 58.4 Å². The third-order valence-electron chi connectivity index (χ3n) is 19.6. The molecule has 1 N–H and O–H groups in total. The number of hydrogen-bond donors (Lipinski definition) is 1. The van der Waals surface area contributed by atoms with Crippen LogP contribution in [0, 0.1) is 38.2 Å². The van der Waals surface area contributed by atoms with E-state index in [1.807, 2.05) is 95.9 Å². The number of benzene rings is 3. The van der Waals surface area contributed by atoms with Gasteiger partial charge in [0.2, 0.25) is 0 Å². The Labute approximate surface area is 634 Å². The summed E-state index contributed by atoms with van der Waals surface area (Å²) in [4.78, 5) is 12.7. The minimum absolute atomic E-state index is 0.184. The fourth-order valence-electron chi connectivity index (χ4n) is 12.5. The van der Waals surface area contributed by atoms with Crippen molar-refractivity contribution in [1.82, 2.24) is 57.9 Å². The lowest BCUT2D eigenvalue weighted by Gasteiger charge is -2.32. The number of nitrogens with zero attached hydrogens (tertiary/aromatic N) is 11. The van der Waals surface area contributed by atoms with Crippen molar-refractivity contribution in [2.24, 2.45) is 0 Å². The number of imidazole rings is 3. The Morgan fingerprint density at radius 2 is 0.933 bits per heavy atom. The van der Waals surface area contributed by atoms with Crippen LogP contribution in [0.2, 0.25) is 51.4 Å². The zero-order valence-electron chi connectivity index (χ0n) is 62.5. The van der Waals surface area contributed by atoms with Gasteiger partial charge in [0.1, 0.15) is 69.8 Å². The first-order valence-electron chi connectivity index (χ1n) is 36.2. The molecule has 0 bridgehead atoms. The van der Waals surface area contributed by atoms with E-state index in [0.717, 1.165) is 121 Å². The Hall–Kier alpha value is -7.45. The van der Waals surface area contributed by atoms with Crippen molar-refractivity contribution in [2.45, 2.75) is 193 Å². The summed E-state index contributed by atoms with van der Waals surface area (Å²) < 4.78 is 76.5. The highest BCUT2D eigenvalue weighted by molar-refractivity contribution is 9.10. The maximum absolute atomic E-state index is 14.0. The van der Waals surface area contributed by atoms with Gasteiger partial charge in [-0.05, 0) is 229 Å². The first-order valence-corrected chi connectivity index (χ1v) is 45.3. The van der Waals surface area contributed by atoms with E-state index in [4.69, 9.17) is 52.2 Å². The summed E-state index contributed by atoms with van der Waals surface area (Å²) in [6.45, 7) is 31.9. The van der Waals surface area contributed by atoms with Crippen molar-refractivity contribution in [3.05, 3.63) is 202 Å². The van der Waals surface area contributed by atoms with Crippen molar-refractivity contribution >= 4 is 84.8 Å². The van der Waals surface area contributed by atoms with Crippen molar-refractivity contribution in [3.63, 3.8) is 0 Å². The molecule has 4 aliphatic rings. The van der Waals surface area contributed by atoms with Crippen LogP contribution in [0.25, 0.3) is 73.0 Å². The Morgan fingerprint density at radius 1 is 0.543 bits per heavy atom. The highest BCUT2D eigenvalue weighted by Gasteiger charge is 2.52. The monoisotopic (exact) mass is 1560 g/mol. The van der Waals surface area contributed by atoms with Gasteiger partial charge >= 0.3 is 7.12 Å². The largest absolute Gasteiger partial charge is 0.496 e. The number of fused-ring (bicyclic) bond motifs is 3. The first kappa shape index (κ1) is 77.2. The second-order valence-corrected chi connectivity index (χ2v) is 45.0. The van der Waals surface area contributed by atoms with Crippen molar-refractivity contribution in [2.75, 3.05) is 13.2 Å². The molecule has 552 valence electrons. The van der Waals surface area contributed by atoms with Crippen LogP contribution >= 0.6 is 39.1 Å². The zero-order valence-corrected chi connectivity index (χ0v) is 67.6. The van der Waals surface area contributed by atoms with Crippen LogP contribution in [-0.2, 0) is 32.2 Å². The Kier molecular flexibility index (Phi) is 23.6. The summed E-state index contributed by atoms with van der Waals surface area (Å²) in [5.41, 5.74) is 18.5. The lowest BCUT2D eigenvalue weighted by molar-refractivity contribution is 0.00578. The van der Waals surface area contributed by atoms with Gasteiger partial charge in [-0.3, -0.25) is 5.10 Å². The van der Waals surface area contributed by atoms with Crippen LogP contribution in [-0.4, -0.2) is 110 Å². The fourth-order valence-corrected chi connectivity index (χ4v) is 14.8. The van der Waals surface area contributed by atoms with E-state index in [-0.39, 0.29) is 40.6 Å². The van der Waals surface area contributed by atoms with Crippen LogP contribution in [0.1, 0.15) is 125 Å². The predicted octanol–water partition coefficient (Wildman–Crippen LogP) is 20.6. The van der Waals surface area contributed by atoms with Gasteiger partial charge in [0.25, 0.3) is 0 Å². The maximum atomic E-state index is 14.0. The molecular formula is C80H95BBrCl2F3N12O4Si2. The van der Waals surface area contributed by atoms with Gasteiger partial charge < -0.3 is 32.0 Å². The predicted molar refractivity (Wildman–Crippen MR) is 426 cm³/mol. The van der Waals surface area contributed by atoms with Gasteiger partial charge in [-0.25, -0.2) is 37.5 Å². The molecule has 3 saturated carbocycles. The van der Waals surface area contributed by atoms with Gasteiger partial charge in [0, 0.05) is 148 Å². The lowest BCUT2D eigenvalue weighted by Crippen LogP contribution is -2.41. The quantitative estimate of drug-likeness (QED) is 0.0470. The second-order valence-electron chi connectivity index (χ2n) is 31.4. The van der Waals surface area contributed by atoms with Gasteiger partial charge in [0.15, 0.2) is 0 Å². The molecule has 16 nitrogen and oxygen atoms in total. The number of halogens is 6. The van der Waals surface area contributed by atoms with Crippen molar-refractivity contribution in [3.8, 4) is 56.0 Å². The molecule has 0 unspecified atom stereocenters. The number of aromatic amines is 1. The highest BCUT2D eigenvalue weighted by atomic mass is 79.9. The molecule has 4 fully saturated rings. The van der Waals surface area contributed by atoms with Crippen molar-refractivity contribution in [1.29, 1.82) is 0 Å². The molecule has 0 amide bonds. The number of pyridine rings is 3. The summed E-state index contributed by atoms with van der Waals surface area (Å²) in [5.74, 6) is 0.993. The smallest absolute Gasteiger partial charge is 0.399 e. The normalized spacial score (nSPS) is 15.5. The van der Waals surface area contributed by atoms with Crippen LogP contribution < -0.4 is 5.46 Å². The first-order chi connectivity index (χ1) is 49.9. The van der Waals surface area contributed by atoms with Crippen molar-refractivity contribution < 1.29 is 32.0 Å².